The summed E-state index contributed by atoms with van der Waals surface area (Å²) in [5.41, 5.74) is 2.66. The molecular weight excluding hydrogens is 216 g/mol. The summed E-state index contributed by atoms with van der Waals surface area (Å²) in [6.45, 7) is 6.00. The Morgan fingerprint density at radius 1 is 1.24 bits per heavy atom. The lowest BCUT2D eigenvalue weighted by Crippen LogP contribution is -2.06. The number of aryl methyl sites for hydroxylation is 1. The predicted octanol–water partition coefficient (Wildman–Crippen LogP) is 3.17. The van der Waals surface area contributed by atoms with Crippen molar-refractivity contribution in [3.05, 3.63) is 34.9 Å². The molecule has 1 aromatic rings. The van der Waals surface area contributed by atoms with E-state index in [4.69, 9.17) is 5.11 Å². The lowest BCUT2D eigenvalue weighted by molar-refractivity contribution is -0.136. The highest BCUT2D eigenvalue weighted by Gasteiger charge is 2.12. The molecule has 0 saturated carbocycles. The van der Waals surface area contributed by atoms with E-state index in [-0.39, 0.29) is 18.6 Å². The van der Waals surface area contributed by atoms with Crippen LogP contribution in [0.5, 0.6) is 0 Å². The number of Topliss-reactive ketones (excluding diaryl/α,β-unsaturated/α-hetero) is 1. The molecule has 0 spiro atoms. The Hall–Kier alpha value is -1.64. The van der Waals surface area contributed by atoms with Crippen LogP contribution in [0.4, 0.5) is 0 Å². The molecule has 0 atom stereocenters. The molecule has 0 radical (unpaired) electrons. The quantitative estimate of drug-likeness (QED) is 0.796. The number of carbonyl (C=O) groups excluding carboxylic acids is 1. The molecule has 1 N–H and O–H groups in total. The molecule has 0 aliphatic heterocycles. The highest BCUT2D eigenvalue weighted by molar-refractivity contribution is 5.98. The van der Waals surface area contributed by atoms with Gasteiger partial charge in [-0.3, -0.25) is 9.59 Å². The summed E-state index contributed by atoms with van der Waals surface area (Å²) in [7, 11) is 0. The Morgan fingerprint density at radius 3 is 2.41 bits per heavy atom. The van der Waals surface area contributed by atoms with Crippen molar-refractivity contribution >= 4 is 11.8 Å². The highest BCUT2D eigenvalue weighted by atomic mass is 16.4. The van der Waals surface area contributed by atoms with E-state index in [9.17, 15) is 9.59 Å². The topological polar surface area (TPSA) is 54.4 Å². The van der Waals surface area contributed by atoms with Crippen molar-refractivity contribution in [1.82, 2.24) is 0 Å². The highest BCUT2D eigenvalue weighted by Crippen LogP contribution is 2.20. The van der Waals surface area contributed by atoms with Gasteiger partial charge in [0.1, 0.15) is 0 Å². The maximum Gasteiger partial charge on any atom is 0.303 e. The molecule has 0 aliphatic rings. The first kappa shape index (κ1) is 13.4. The molecule has 92 valence electrons. The van der Waals surface area contributed by atoms with Crippen LogP contribution in [0.3, 0.4) is 0 Å². The number of hydrogen-bond donors (Lipinski definition) is 1. The van der Waals surface area contributed by atoms with E-state index in [1.807, 2.05) is 25.1 Å². The van der Waals surface area contributed by atoms with E-state index in [0.29, 0.717) is 11.5 Å². The summed E-state index contributed by atoms with van der Waals surface area (Å²) in [5, 5.41) is 8.57. The Balaban J connectivity index is 2.92. The molecule has 3 nitrogen and oxygen atoms in total. The number of hydrogen-bond acceptors (Lipinski definition) is 2. The molecule has 0 amide bonds. The van der Waals surface area contributed by atoms with Crippen molar-refractivity contribution in [2.45, 2.75) is 39.5 Å². The van der Waals surface area contributed by atoms with Gasteiger partial charge in [0.2, 0.25) is 0 Å². The van der Waals surface area contributed by atoms with Crippen LogP contribution in [0.2, 0.25) is 0 Å². The van der Waals surface area contributed by atoms with Crippen molar-refractivity contribution in [3.63, 3.8) is 0 Å². The van der Waals surface area contributed by atoms with Gasteiger partial charge in [0.05, 0.1) is 6.42 Å². The molecule has 0 bridgehead atoms. The van der Waals surface area contributed by atoms with Crippen LogP contribution in [-0.2, 0) is 4.79 Å². The monoisotopic (exact) mass is 234 g/mol. The largest absolute Gasteiger partial charge is 0.481 e. The van der Waals surface area contributed by atoms with Gasteiger partial charge in [-0.2, -0.15) is 0 Å². The Bertz CT molecular complexity index is 433. The van der Waals surface area contributed by atoms with Crippen molar-refractivity contribution in [2.75, 3.05) is 0 Å². The number of carbonyl (C=O) groups is 2. The second-order valence-corrected chi connectivity index (χ2v) is 4.55. The first-order chi connectivity index (χ1) is 7.91. The number of ketones is 1. The van der Waals surface area contributed by atoms with Crippen LogP contribution in [-0.4, -0.2) is 16.9 Å². The lowest BCUT2D eigenvalue weighted by Gasteiger charge is -2.10. The van der Waals surface area contributed by atoms with Gasteiger partial charge in [0.25, 0.3) is 0 Å². The molecule has 1 aromatic carbocycles. The summed E-state index contributed by atoms with van der Waals surface area (Å²) < 4.78 is 0. The van der Waals surface area contributed by atoms with Crippen LogP contribution in [0.15, 0.2) is 18.2 Å². The summed E-state index contributed by atoms with van der Waals surface area (Å²) in [6.07, 6.45) is -0.0398. The van der Waals surface area contributed by atoms with Gasteiger partial charge in [-0.05, 0) is 30.0 Å². The normalized spacial score (nSPS) is 10.6. The summed E-state index contributed by atoms with van der Waals surface area (Å²) in [5.74, 6) is -0.662. The van der Waals surface area contributed by atoms with Crippen LogP contribution in [0, 0.1) is 6.92 Å². The van der Waals surface area contributed by atoms with Gasteiger partial charge < -0.3 is 5.11 Å². The number of carboxylic acid groups (broad SMARTS) is 1. The molecule has 0 aromatic heterocycles. The maximum absolute atomic E-state index is 11.9. The second-order valence-electron chi connectivity index (χ2n) is 4.55. The van der Waals surface area contributed by atoms with Crippen LogP contribution < -0.4 is 0 Å². The van der Waals surface area contributed by atoms with Crippen molar-refractivity contribution in [1.29, 1.82) is 0 Å². The molecule has 0 aliphatic carbocycles. The fourth-order valence-electron chi connectivity index (χ4n) is 1.65. The molecule has 3 heteroatoms. The standard InChI is InChI=1S/C14H18O3/c1-9(2)11-5-4-10(3)12(8-11)13(15)6-7-14(16)17/h4-5,8-9H,6-7H2,1-3H3,(H,16,17). The third-order valence-corrected chi connectivity index (χ3v) is 2.79. The summed E-state index contributed by atoms with van der Waals surface area (Å²) in [6, 6.07) is 5.81. The third-order valence-electron chi connectivity index (χ3n) is 2.79. The van der Waals surface area contributed by atoms with Crippen LogP contribution >= 0.6 is 0 Å². The van der Waals surface area contributed by atoms with Crippen LogP contribution in [0.25, 0.3) is 0 Å². The van der Waals surface area contributed by atoms with Gasteiger partial charge in [-0.25, -0.2) is 0 Å². The molecule has 1 rings (SSSR count). The van der Waals surface area contributed by atoms with E-state index < -0.39 is 5.97 Å². The molecule has 0 unspecified atom stereocenters. The van der Waals surface area contributed by atoms with Crippen molar-refractivity contribution in [3.8, 4) is 0 Å². The molecule has 0 saturated heterocycles. The molecule has 0 fully saturated rings. The fourth-order valence-corrected chi connectivity index (χ4v) is 1.65. The number of benzene rings is 1. The Morgan fingerprint density at radius 2 is 1.88 bits per heavy atom. The zero-order chi connectivity index (χ0) is 13.0. The maximum atomic E-state index is 11.9. The van der Waals surface area contributed by atoms with Gasteiger partial charge in [-0.1, -0.05) is 26.0 Å². The van der Waals surface area contributed by atoms with Gasteiger partial charge in [0.15, 0.2) is 5.78 Å². The van der Waals surface area contributed by atoms with E-state index >= 15 is 0 Å². The minimum Gasteiger partial charge on any atom is -0.481 e. The van der Waals surface area contributed by atoms with E-state index in [2.05, 4.69) is 13.8 Å². The first-order valence-electron chi connectivity index (χ1n) is 5.77. The lowest BCUT2D eigenvalue weighted by atomic mass is 9.94. The zero-order valence-electron chi connectivity index (χ0n) is 10.5. The minimum absolute atomic E-state index is 0.0672. The van der Waals surface area contributed by atoms with Gasteiger partial charge >= 0.3 is 5.97 Å². The minimum atomic E-state index is -0.934. The molecule has 17 heavy (non-hydrogen) atoms. The smallest absolute Gasteiger partial charge is 0.303 e. The number of carboxylic acids is 1. The summed E-state index contributed by atoms with van der Waals surface area (Å²) in [4.78, 5) is 22.3. The van der Waals surface area contributed by atoms with Crippen molar-refractivity contribution < 1.29 is 14.7 Å². The second kappa shape index (κ2) is 5.62. The zero-order valence-corrected chi connectivity index (χ0v) is 10.5. The van der Waals surface area contributed by atoms with Gasteiger partial charge in [0, 0.05) is 12.0 Å². The van der Waals surface area contributed by atoms with E-state index in [1.165, 1.54) is 0 Å². The van der Waals surface area contributed by atoms with E-state index in [1.54, 1.807) is 0 Å². The molecular formula is C14H18O3. The van der Waals surface area contributed by atoms with Gasteiger partial charge in [-0.15, -0.1) is 0 Å². The first-order valence-corrected chi connectivity index (χ1v) is 5.77. The SMILES string of the molecule is Cc1ccc(C(C)C)cc1C(=O)CCC(=O)O. The average Bonchev–Trinajstić information content (AvgIpc) is 2.26. The van der Waals surface area contributed by atoms with Crippen LogP contribution in [0.1, 0.15) is 54.1 Å². The Kier molecular flexibility index (Phi) is 4.44. The third kappa shape index (κ3) is 3.70. The summed E-state index contributed by atoms with van der Waals surface area (Å²) >= 11 is 0. The van der Waals surface area contributed by atoms with Crippen molar-refractivity contribution in [2.24, 2.45) is 0 Å². The average molecular weight is 234 g/mol. The predicted molar refractivity (Wildman–Crippen MR) is 66.5 cm³/mol. The molecule has 0 heterocycles. The Labute approximate surface area is 101 Å². The fraction of sp³-hybridized carbons (Fsp3) is 0.429. The van der Waals surface area contributed by atoms with E-state index in [0.717, 1.165) is 11.1 Å². The number of aliphatic carboxylic acids is 1. The number of rotatable bonds is 5.